The lowest BCUT2D eigenvalue weighted by Gasteiger charge is -2.45. The highest BCUT2D eigenvalue weighted by Crippen LogP contribution is 2.76. The van der Waals surface area contributed by atoms with Gasteiger partial charge in [0.1, 0.15) is 12.2 Å². The molecule has 4 heterocycles. The summed E-state index contributed by atoms with van der Waals surface area (Å²) in [6.45, 7) is 24.0. The van der Waals surface area contributed by atoms with Crippen molar-refractivity contribution in [3.8, 4) is 0 Å². The Balaban J connectivity index is 0.000000147. The molecule has 642 valence electrons. The van der Waals surface area contributed by atoms with E-state index in [-0.39, 0.29) is 49.9 Å². The van der Waals surface area contributed by atoms with Crippen LogP contribution in [0, 0.1) is 199 Å². The minimum Gasteiger partial charge on any atom is -0.368 e. The molecule has 0 N–H and O–H groups in total. The van der Waals surface area contributed by atoms with E-state index < -0.39 is 192 Å². The molecule has 33 atom stereocenters. The van der Waals surface area contributed by atoms with Crippen LogP contribution in [0.4, 0.5) is 132 Å². The number of ether oxygens (including phenoxy) is 2. The molecule has 4 saturated heterocycles. The van der Waals surface area contributed by atoms with Crippen molar-refractivity contribution in [2.75, 3.05) is 0 Å². The SMILES string of the molecule is CC1C(C)C2CC1C(CC(C)(C(F)(F)F)C(F)(F)F)C2(F)F.CC1C(C)C2CC1C1C3CC(CC(C)(C(F)(F)F)C(F)(F)F)C(C3)C21.CC1C(C)C2CC1C1C3CC(CC(C)(C)C(F)(F)F)C(C3)C21.CC1C(C)C2OC1C(CC(C)(C(F)(F)F)C(F)(F)F)C2(F)F.CC1C(C)C2OC1C(CC(C)(C)C(F)(F)F)C2(F)F. The van der Waals surface area contributed by atoms with Crippen molar-refractivity contribution in [3.63, 3.8) is 0 Å². The highest BCUT2D eigenvalue weighted by Gasteiger charge is 2.78. The first-order chi connectivity index (χ1) is 49.2. The van der Waals surface area contributed by atoms with Crippen LogP contribution >= 0.6 is 0 Å². The van der Waals surface area contributed by atoms with Crippen molar-refractivity contribution in [1.82, 2.24) is 0 Å². The Labute approximate surface area is 624 Å². The van der Waals surface area contributed by atoms with Gasteiger partial charge in [-0.25, -0.2) is 26.3 Å². The van der Waals surface area contributed by atoms with Crippen LogP contribution in [0.15, 0.2) is 0 Å². The predicted molar refractivity (Wildman–Crippen MR) is 346 cm³/mol. The Kier molecular flexibility index (Phi) is 22.9. The van der Waals surface area contributed by atoms with Crippen molar-refractivity contribution < 1.29 is 141 Å². The summed E-state index contributed by atoms with van der Waals surface area (Å²) >= 11 is 0. The van der Waals surface area contributed by atoms with Crippen LogP contribution in [0.5, 0.6) is 0 Å². The van der Waals surface area contributed by atoms with Crippen LogP contribution in [0.1, 0.15) is 195 Å². The zero-order valence-electron chi connectivity index (χ0n) is 64.7. The fraction of sp³-hybridized carbons (Fsp3) is 1.00. The van der Waals surface area contributed by atoms with Gasteiger partial charge in [0.2, 0.25) is 0 Å². The lowest BCUT2D eigenvalue weighted by molar-refractivity contribution is -0.345. The molecule has 4 aliphatic heterocycles. The summed E-state index contributed by atoms with van der Waals surface area (Å²) in [5, 5.41) is 0. The topological polar surface area (TPSA) is 18.5 Å². The van der Waals surface area contributed by atoms with Gasteiger partial charge < -0.3 is 9.47 Å². The standard InChI is InChI=1S/C19H26F6.C19H29F3.C14H18F8.C13H16F8O.C13H19F5O/c1-8-9(2)13-6-12(8)15-10-4-11(14(5-10)16(13)15)7-17(3,18(20,21)22)19(23,24)25;1-9-10(2)14-7-13(9)16-11-5-12(15(6-11)17(14)16)8-18(3,4)19(20,21)22;1-6-7(2)9-4-8(6)10(12(9,15)16)5-11(3,13(17,18)19)14(20,21)22;1-5-6(2)9-11(14,15)7(8(5)22-9)4-10(3,12(16,17)18)13(19,20)21;1-6-7(2)10-12(14,15)8(9(6)19-10)5-11(3,4)13(16,17)18/h8-16H,4-7H2,1-3H3;9-17H,5-8H2,1-4H3;6-10H,4-5H2,1-3H3;5-9H,4H2,1-3H3;6-10H,5H2,1-4H3. The minimum atomic E-state index is -5.67. The average molecular weight is 1650 g/mol. The number of hydrogen-bond acceptors (Lipinski definition) is 2. The summed E-state index contributed by atoms with van der Waals surface area (Å²) in [5.74, 6) is -9.86. The maximum absolute atomic E-state index is 14.3. The molecule has 14 aliphatic rings. The maximum Gasteiger partial charge on any atom is 0.402 e. The number of rotatable bonds is 10. The van der Waals surface area contributed by atoms with Gasteiger partial charge in [-0.3, -0.25) is 0 Å². The van der Waals surface area contributed by atoms with Crippen LogP contribution < -0.4 is 0 Å². The second-order valence-corrected chi connectivity index (χ2v) is 39.5. The zero-order chi connectivity index (χ0) is 84.0. The molecule has 0 amide bonds. The van der Waals surface area contributed by atoms with Gasteiger partial charge in [-0.2, -0.15) is 105 Å². The molecule has 0 spiro atoms. The van der Waals surface area contributed by atoms with Crippen molar-refractivity contribution in [1.29, 1.82) is 0 Å². The predicted octanol–water partition coefficient (Wildman–Crippen LogP) is 26.9. The summed E-state index contributed by atoms with van der Waals surface area (Å²) < 4.78 is 409. The van der Waals surface area contributed by atoms with Gasteiger partial charge in [0.25, 0.3) is 17.8 Å². The average Bonchev–Trinajstić information content (AvgIpc) is 1.55. The normalized spacial score (nSPS) is 44.5. The van der Waals surface area contributed by atoms with Crippen LogP contribution in [0.2, 0.25) is 0 Å². The summed E-state index contributed by atoms with van der Waals surface area (Å²) in [6.07, 6.45) is -44.6. The fourth-order valence-electron chi connectivity index (χ4n) is 25.7. The van der Waals surface area contributed by atoms with Crippen LogP contribution in [-0.2, 0) is 9.47 Å². The fourth-order valence-corrected chi connectivity index (χ4v) is 25.7. The summed E-state index contributed by atoms with van der Waals surface area (Å²) in [6, 6.07) is 0. The Morgan fingerprint density at radius 1 is 0.255 bits per heavy atom. The van der Waals surface area contributed by atoms with E-state index in [1.165, 1.54) is 40.5 Å². The second-order valence-electron chi connectivity index (χ2n) is 39.5. The molecule has 0 aromatic rings. The Morgan fingerprint density at radius 2 is 0.536 bits per heavy atom. The van der Waals surface area contributed by atoms with E-state index in [1.54, 1.807) is 27.7 Å². The summed E-state index contributed by atoms with van der Waals surface area (Å²) in [5.41, 5.74) is -15.5. The van der Waals surface area contributed by atoms with Gasteiger partial charge in [0, 0.05) is 11.8 Å². The first-order valence-corrected chi connectivity index (χ1v) is 39.1. The van der Waals surface area contributed by atoms with Crippen molar-refractivity contribution in [3.05, 3.63) is 0 Å². The third-order valence-electron chi connectivity index (χ3n) is 33.7. The van der Waals surface area contributed by atoms with Gasteiger partial charge in [-0.15, -0.1) is 0 Å². The molecule has 0 aromatic carbocycles. The molecule has 10 aliphatic carbocycles. The molecule has 10 saturated carbocycles. The van der Waals surface area contributed by atoms with E-state index in [1.807, 2.05) is 0 Å². The van der Waals surface area contributed by atoms with Crippen molar-refractivity contribution in [2.45, 2.75) is 286 Å². The highest BCUT2D eigenvalue weighted by molar-refractivity contribution is 5.18. The molecule has 32 heteroatoms. The quantitative estimate of drug-likeness (QED) is 0.160. The highest BCUT2D eigenvalue weighted by atomic mass is 19.4. The van der Waals surface area contributed by atoms with Crippen molar-refractivity contribution >= 4 is 0 Å². The molecule has 14 bridgehead atoms. The van der Waals surface area contributed by atoms with E-state index in [0.29, 0.717) is 73.0 Å². The molecule has 2 nitrogen and oxygen atoms in total. The Bertz CT molecular complexity index is 3100. The van der Waals surface area contributed by atoms with E-state index in [4.69, 9.17) is 9.47 Å². The molecule has 0 radical (unpaired) electrons. The van der Waals surface area contributed by atoms with Gasteiger partial charge in [0.15, 0.2) is 16.2 Å². The monoisotopic (exact) mass is 1650 g/mol. The van der Waals surface area contributed by atoms with E-state index in [0.717, 1.165) is 74.5 Å². The van der Waals surface area contributed by atoms with Crippen molar-refractivity contribution in [2.24, 2.45) is 199 Å². The van der Waals surface area contributed by atoms with E-state index in [2.05, 4.69) is 27.7 Å². The van der Waals surface area contributed by atoms with Gasteiger partial charge in [-0.05, 0) is 246 Å². The lowest BCUT2D eigenvalue weighted by atomic mass is 9.60. The van der Waals surface area contributed by atoms with E-state index in [9.17, 15) is 132 Å². The van der Waals surface area contributed by atoms with Gasteiger partial charge in [-0.1, -0.05) is 96.9 Å². The molecular weight excluding hydrogens is 1540 g/mol. The first-order valence-electron chi connectivity index (χ1n) is 39.1. The summed E-state index contributed by atoms with van der Waals surface area (Å²) in [7, 11) is 0. The third kappa shape index (κ3) is 14.1. The molecule has 14 fully saturated rings. The van der Waals surface area contributed by atoms with Gasteiger partial charge >= 0.3 is 49.4 Å². The largest absolute Gasteiger partial charge is 0.402 e. The minimum absolute atomic E-state index is 0.00575. The third-order valence-corrected chi connectivity index (χ3v) is 33.7. The first kappa shape index (κ1) is 90.2. The zero-order valence-corrected chi connectivity index (χ0v) is 64.7. The van der Waals surface area contributed by atoms with Crippen LogP contribution in [0.25, 0.3) is 0 Å². The second kappa shape index (κ2) is 28.0. The smallest absolute Gasteiger partial charge is 0.368 e. The molecule has 110 heavy (non-hydrogen) atoms. The Morgan fingerprint density at radius 3 is 0.845 bits per heavy atom. The molecular formula is C78H108F30O2. The Hall–Kier alpha value is -2.18. The number of hydrogen-bond donors (Lipinski definition) is 0. The van der Waals surface area contributed by atoms with Crippen LogP contribution in [-0.4, -0.2) is 91.6 Å². The van der Waals surface area contributed by atoms with E-state index >= 15 is 0 Å². The number of halogens is 30. The maximum atomic E-state index is 14.3. The molecule has 0 aromatic heterocycles. The number of alkyl halides is 30. The lowest BCUT2D eigenvalue weighted by Crippen LogP contribution is -2.54. The molecule has 33 unspecified atom stereocenters. The van der Waals surface area contributed by atoms with Gasteiger partial charge in [0.05, 0.1) is 34.9 Å². The van der Waals surface area contributed by atoms with Crippen LogP contribution in [0.3, 0.4) is 0 Å². The molecule has 14 rings (SSSR count). The number of fused-ring (bicyclic) bond motifs is 24. The summed E-state index contributed by atoms with van der Waals surface area (Å²) in [4.78, 5) is 0.